The molecular formula is C25H33NO5. The van der Waals surface area contributed by atoms with Crippen molar-refractivity contribution >= 4 is 23.4 Å². The molecule has 0 spiro atoms. The third-order valence-corrected chi connectivity index (χ3v) is 3.77. The number of carbonyl (C=O) groups excluding carboxylic acids is 3. The molecule has 0 aromatic heterocycles. The maximum atomic E-state index is 13.3. The van der Waals surface area contributed by atoms with Gasteiger partial charge in [0.05, 0.1) is 11.1 Å². The quantitative estimate of drug-likeness (QED) is 0.404. The van der Waals surface area contributed by atoms with Crippen LogP contribution in [0.4, 0.5) is 0 Å². The first-order valence-electron chi connectivity index (χ1n) is 10.0. The Hall–Kier alpha value is -3.15. The Morgan fingerprint density at radius 2 is 1.29 bits per heavy atom. The van der Waals surface area contributed by atoms with Crippen molar-refractivity contribution in [3.63, 3.8) is 0 Å². The van der Waals surface area contributed by atoms with E-state index >= 15 is 0 Å². The summed E-state index contributed by atoms with van der Waals surface area (Å²) in [5, 5.41) is 2.54. The van der Waals surface area contributed by atoms with Gasteiger partial charge < -0.3 is 14.8 Å². The summed E-state index contributed by atoms with van der Waals surface area (Å²) in [5.74, 6) is -1.74. The van der Waals surface area contributed by atoms with Crippen LogP contribution in [0.15, 0.2) is 59.8 Å². The van der Waals surface area contributed by atoms with E-state index in [1.807, 2.05) is 6.07 Å². The second-order valence-electron chi connectivity index (χ2n) is 9.13. The highest BCUT2D eigenvalue weighted by molar-refractivity contribution is 6.14. The summed E-state index contributed by atoms with van der Waals surface area (Å²) < 4.78 is 11.2. The fourth-order valence-electron chi connectivity index (χ4n) is 2.56. The SMILES string of the molecule is C=C(/C(C(=O)OC(C)(C)C)=C(C(=O)OC(C)(C)C)\C(C)=C\NC(C)=O)c1ccccc1. The van der Waals surface area contributed by atoms with Gasteiger partial charge in [-0.15, -0.1) is 0 Å². The molecule has 0 saturated carbocycles. The summed E-state index contributed by atoms with van der Waals surface area (Å²) in [6.07, 6.45) is 1.37. The number of amides is 1. The molecule has 1 aromatic carbocycles. The normalized spacial score (nSPS) is 13.1. The van der Waals surface area contributed by atoms with E-state index in [2.05, 4.69) is 11.9 Å². The largest absolute Gasteiger partial charge is 0.456 e. The van der Waals surface area contributed by atoms with Crippen molar-refractivity contribution < 1.29 is 23.9 Å². The van der Waals surface area contributed by atoms with Crippen LogP contribution >= 0.6 is 0 Å². The highest BCUT2D eigenvalue weighted by atomic mass is 16.6. The number of hydrogen-bond acceptors (Lipinski definition) is 5. The second-order valence-corrected chi connectivity index (χ2v) is 9.13. The van der Waals surface area contributed by atoms with E-state index in [1.165, 1.54) is 13.1 Å². The molecule has 0 aliphatic heterocycles. The smallest absolute Gasteiger partial charge is 0.340 e. The number of carbonyl (C=O) groups is 3. The number of nitrogens with one attached hydrogen (secondary N) is 1. The molecule has 1 amide bonds. The lowest BCUT2D eigenvalue weighted by Crippen LogP contribution is -2.30. The molecule has 0 fully saturated rings. The maximum absolute atomic E-state index is 13.3. The van der Waals surface area contributed by atoms with Gasteiger partial charge in [0.2, 0.25) is 5.91 Å². The van der Waals surface area contributed by atoms with E-state index in [4.69, 9.17) is 9.47 Å². The molecule has 0 heterocycles. The highest BCUT2D eigenvalue weighted by Gasteiger charge is 2.31. The molecule has 31 heavy (non-hydrogen) atoms. The van der Waals surface area contributed by atoms with Crippen LogP contribution < -0.4 is 5.32 Å². The molecular weight excluding hydrogens is 394 g/mol. The second kappa shape index (κ2) is 10.2. The van der Waals surface area contributed by atoms with Crippen LogP contribution in [0.1, 0.15) is 61.0 Å². The van der Waals surface area contributed by atoms with Gasteiger partial charge >= 0.3 is 11.9 Å². The maximum Gasteiger partial charge on any atom is 0.340 e. The summed E-state index contributed by atoms with van der Waals surface area (Å²) in [5.41, 5.74) is -0.344. The van der Waals surface area contributed by atoms with E-state index in [0.717, 1.165) is 0 Å². The number of rotatable bonds is 6. The Morgan fingerprint density at radius 3 is 1.71 bits per heavy atom. The van der Waals surface area contributed by atoms with E-state index in [0.29, 0.717) is 16.7 Å². The summed E-state index contributed by atoms with van der Waals surface area (Å²) in [7, 11) is 0. The van der Waals surface area contributed by atoms with Crippen LogP contribution in [0.2, 0.25) is 0 Å². The van der Waals surface area contributed by atoms with Crippen LogP contribution in [-0.2, 0) is 23.9 Å². The average molecular weight is 428 g/mol. The van der Waals surface area contributed by atoms with Crippen LogP contribution in [-0.4, -0.2) is 29.0 Å². The zero-order chi connectivity index (χ0) is 24.0. The molecule has 1 rings (SSSR count). The molecule has 0 bridgehead atoms. The zero-order valence-corrected chi connectivity index (χ0v) is 19.7. The predicted molar refractivity (Wildman–Crippen MR) is 122 cm³/mol. The van der Waals surface area contributed by atoms with E-state index < -0.39 is 23.1 Å². The van der Waals surface area contributed by atoms with Crippen molar-refractivity contribution in [3.05, 3.63) is 65.4 Å². The molecule has 0 unspecified atom stereocenters. The zero-order valence-electron chi connectivity index (χ0n) is 19.7. The molecule has 1 N–H and O–H groups in total. The van der Waals surface area contributed by atoms with Gasteiger partial charge in [-0.25, -0.2) is 9.59 Å². The monoisotopic (exact) mass is 427 g/mol. The Balaban J connectivity index is 3.82. The van der Waals surface area contributed by atoms with Gasteiger partial charge in [0, 0.05) is 13.1 Å². The van der Waals surface area contributed by atoms with Gasteiger partial charge in [0.25, 0.3) is 0 Å². The Kier molecular flexibility index (Phi) is 8.55. The first kappa shape index (κ1) is 25.9. The summed E-state index contributed by atoms with van der Waals surface area (Å²) in [4.78, 5) is 37.9. The van der Waals surface area contributed by atoms with Crippen molar-refractivity contribution in [1.29, 1.82) is 0 Å². The first-order valence-corrected chi connectivity index (χ1v) is 10.0. The highest BCUT2D eigenvalue weighted by Crippen LogP contribution is 2.31. The van der Waals surface area contributed by atoms with Crippen molar-refractivity contribution in [3.8, 4) is 0 Å². The van der Waals surface area contributed by atoms with Crippen LogP contribution in [0.3, 0.4) is 0 Å². The number of benzene rings is 1. The molecule has 0 saturated heterocycles. The Bertz CT molecular complexity index is 909. The molecule has 6 nitrogen and oxygen atoms in total. The molecule has 168 valence electrons. The van der Waals surface area contributed by atoms with Gasteiger partial charge in [-0.3, -0.25) is 4.79 Å². The fourth-order valence-corrected chi connectivity index (χ4v) is 2.56. The lowest BCUT2D eigenvalue weighted by Gasteiger charge is -2.25. The number of esters is 2. The minimum atomic E-state index is -0.802. The third-order valence-electron chi connectivity index (χ3n) is 3.77. The van der Waals surface area contributed by atoms with E-state index in [9.17, 15) is 14.4 Å². The van der Waals surface area contributed by atoms with Crippen molar-refractivity contribution in [2.75, 3.05) is 0 Å². The Morgan fingerprint density at radius 1 is 0.839 bits per heavy atom. The lowest BCUT2D eigenvalue weighted by molar-refractivity contribution is -0.153. The summed E-state index contributed by atoms with van der Waals surface area (Å²) in [6, 6.07) is 9.02. The summed E-state index contributed by atoms with van der Waals surface area (Å²) in [6.45, 7) is 17.4. The third kappa shape index (κ3) is 8.62. The van der Waals surface area contributed by atoms with Crippen molar-refractivity contribution in [2.45, 2.75) is 66.6 Å². The first-order chi connectivity index (χ1) is 14.1. The number of ether oxygens (including phenoxy) is 2. The van der Waals surface area contributed by atoms with Crippen molar-refractivity contribution in [2.24, 2.45) is 0 Å². The van der Waals surface area contributed by atoms with Gasteiger partial charge in [0.15, 0.2) is 0 Å². The van der Waals surface area contributed by atoms with Gasteiger partial charge in [0.1, 0.15) is 11.2 Å². The van der Waals surface area contributed by atoms with Crippen LogP contribution in [0.5, 0.6) is 0 Å². The van der Waals surface area contributed by atoms with Crippen LogP contribution in [0.25, 0.3) is 5.57 Å². The van der Waals surface area contributed by atoms with E-state index in [-0.39, 0.29) is 17.1 Å². The topological polar surface area (TPSA) is 81.7 Å². The van der Waals surface area contributed by atoms with E-state index in [1.54, 1.807) is 72.7 Å². The fraction of sp³-hybridized carbons (Fsp3) is 0.400. The molecule has 0 aliphatic rings. The molecule has 1 aromatic rings. The minimum Gasteiger partial charge on any atom is -0.456 e. The molecule has 0 radical (unpaired) electrons. The lowest BCUT2D eigenvalue weighted by atomic mass is 9.91. The van der Waals surface area contributed by atoms with Gasteiger partial charge in [-0.1, -0.05) is 36.9 Å². The Labute approximate surface area is 185 Å². The standard InChI is InChI=1S/C25H33NO5/c1-16(15-26-18(3)27)20(22(28)30-24(4,5)6)21(23(29)31-25(7,8)9)17(2)19-13-11-10-12-14-19/h10-15H,2H2,1,3-9H3,(H,26,27)/b16-15+,21-20-. The molecule has 0 aliphatic carbocycles. The molecule has 6 heteroatoms. The van der Waals surface area contributed by atoms with Crippen LogP contribution in [0, 0.1) is 0 Å². The molecule has 0 atom stereocenters. The summed E-state index contributed by atoms with van der Waals surface area (Å²) >= 11 is 0. The predicted octanol–water partition coefficient (Wildman–Crippen LogP) is 4.72. The van der Waals surface area contributed by atoms with Crippen molar-refractivity contribution in [1.82, 2.24) is 5.32 Å². The van der Waals surface area contributed by atoms with Gasteiger partial charge in [-0.2, -0.15) is 0 Å². The number of hydrogen-bond donors (Lipinski definition) is 1. The van der Waals surface area contributed by atoms with Gasteiger partial charge in [-0.05, 0) is 65.2 Å². The average Bonchev–Trinajstić information content (AvgIpc) is 2.61. The minimum absolute atomic E-state index is 0.0190.